The summed E-state index contributed by atoms with van der Waals surface area (Å²) in [6.07, 6.45) is 1.94. The lowest BCUT2D eigenvalue weighted by Crippen LogP contribution is -2.38. The SMILES string of the molecule is COc1ccccc1CCNS(=O)(=O)c1c(C)cc(N2CCCCS2(=O)=O)cc1C. The molecule has 2 aromatic rings. The van der Waals surface area contributed by atoms with E-state index < -0.39 is 20.0 Å². The first kappa shape index (κ1) is 22.6. The lowest BCUT2D eigenvalue weighted by molar-refractivity contribution is 0.409. The summed E-state index contributed by atoms with van der Waals surface area (Å²) in [4.78, 5) is 0.195. The molecule has 2 aromatic carbocycles. The maximum absolute atomic E-state index is 13.0. The van der Waals surface area contributed by atoms with Gasteiger partial charge in [0.15, 0.2) is 0 Å². The van der Waals surface area contributed by atoms with Gasteiger partial charge in [-0.3, -0.25) is 4.31 Å². The molecular formula is C21H28N2O5S2. The van der Waals surface area contributed by atoms with Crippen LogP contribution in [0.5, 0.6) is 5.75 Å². The predicted octanol–water partition coefficient (Wildman–Crippen LogP) is 2.76. The molecule has 30 heavy (non-hydrogen) atoms. The van der Waals surface area contributed by atoms with E-state index >= 15 is 0 Å². The molecule has 0 aromatic heterocycles. The summed E-state index contributed by atoms with van der Waals surface area (Å²) >= 11 is 0. The second-order valence-electron chi connectivity index (χ2n) is 7.46. The molecular weight excluding hydrogens is 424 g/mol. The average molecular weight is 453 g/mol. The molecule has 0 spiro atoms. The zero-order valence-electron chi connectivity index (χ0n) is 17.5. The first-order chi connectivity index (χ1) is 14.2. The van der Waals surface area contributed by atoms with Crippen LogP contribution in [0.4, 0.5) is 5.69 Å². The van der Waals surface area contributed by atoms with E-state index in [2.05, 4.69) is 4.72 Å². The van der Waals surface area contributed by atoms with Crippen molar-refractivity contribution in [2.75, 3.05) is 30.3 Å². The van der Waals surface area contributed by atoms with E-state index in [1.807, 2.05) is 24.3 Å². The Hall–Kier alpha value is -2.10. The van der Waals surface area contributed by atoms with Crippen molar-refractivity contribution in [1.29, 1.82) is 0 Å². The lowest BCUT2D eigenvalue weighted by Gasteiger charge is -2.29. The van der Waals surface area contributed by atoms with Gasteiger partial charge < -0.3 is 4.74 Å². The van der Waals surface area contributed by atoms with Gasteiger partial charge in [-0.05, 0) is 68.0 Å². The quantitative estimate of drug-likeness (QED) is 0.697. The maximum atomic E-state index is 13.0. The first-order valence-corrected chi connectivity index (χ1v) is 13.0. The Morgan fingerprint density at radius 2 is 1.77 bits per heavy atom. The molecule has 0 bridgehead atoms. The van der Waals surface area contributed by atoms with Crippen molar-refractivity contribution >= 4 is 25.7 Å². The Balaban J connectivity index is 1.80. The highest BCUT2D eigenvalue weighted by Crippen LogP contribution is 2.30. The summed E-state index contributed by atoms with van der Waals surface area (Å²) in [5.74, 6) is 0.839. The van der Waals surface area contributed by atoms with Crippen molar-refractivity contribution in [3.63, 3.8) is 0 Å². The smallest absolute Gasteiger partial charge is 0.241 e. The van der Waals surface area contributed by atoms with Crippen LogP contribution in [0.1, 0.15) is 29.5 Å². The zero-order valence-corrected chi connectivity index (χ0v) is 19.1. The third-order valence-electron chi connectivity index (χ3n) is 5.23. The Kier molecular flexibility index (Phi) is 6.74. The van der Waals surface area contributed by atoms with Crippen LogP contribution in [-0.4, -0.2) is 42.8 Å². The summed E-state index contributed by atoms with van der Waals surface area (Å²) in [5.41, 5.74) is 2.49. The molecule has 0 atom stereocenters. The van der Waals surface area contributed by atoms with E-state index in [0.717, 1.165) is 17.7 Å². The van der Waals surface area contributed by atoms with Gasteiger partial charge in [0.2, 0.25) is 20.0 Å². The van der Waals surface area contributed by atoms with Crippen LogP contribution in [0.25, 0.3) is 0 Å². The fraction of sp³-hybridized carbons (Fsp3) is 0.429. The van der Waals surface area contributed by atoms with Crippen molar-refractivity contribution in [3.8, 4) is 5.75 Å². The molecule has 9 heteroatoms. The number of ether oxygens (including phenoxy) is 1. The molecule has 164 valence electrons. The van der Waals surface area contributed by atoms with Crippen molar-refractivity contribution in [2.24, 2.45) is 0 Å². The minimum atomic E-state index is -3.75. The molecule has 1 aliphatic rings. The van der Waals surface area contributed by atoms with Gasteiger partial charge in [-0.1, -0.05) is 18.2 Å². The number of nitrogens with one attached hydrogen (secondary N) is 1. The number of para-hydroxylation sites is 1. The van der Waals surface area contributed by atoms with Crippen molar-refractivity contribution in [1.82, 2.24) is 4.72 Å². The first-order valence-electron chi connectivity index (χ1n) is 9.89. The molecule has 7 nitrogen and oxygen atoms in total. The van der Waals surface area contributed by atoms with Crippen molar-refractivity contribution < 1.29 is 21.6 Å². The van der Waals surface area contributed by atoms with Crippen LogP contribution in [0.2, 0.25) is 0 Å². The zero-order chi connectivity index (χ0) is 21.9. The maximum Gasteiger partial charge on any atom is 0.241 e. The van der Waals surface area contributed by atoms with E-state index in [9.17, 15) is 16.8 Å². The summed E-state index contributed by atoms with van der Waals surface area (Å²) < 4.78 is 60.1. The second-order valence-corrected chi connectivity index (χ2v) is 11.2. The Morgan fingerprint density at radius 1 is 1.10 bits per heavy atom. The van der Waals surface area contributed by atoms with Crippen LogP contribution in [0.15, 0.2) is 41.3 Å². The number of anilines is 1. The fourth-order valence-corrected chi connectivity index (χ4v) is 6.98. The van der Waals surface area contributed by atoms with Crippen molar-refractivity contribution in [2.45, 2.75) is 38.0 Å². The third kappa shape index (κ3) is 4.79. The molecule has 1 heterocycles. The molecule has 1 fully saturated rings. The molecule has 3 rings (SSSR count). The lowest BCUT2D eigenvalue weighted by atomic mass is 10.1. The molecule has 1 N–H and O–H groups in total. The second kappa shape index (κ2) is 8.95. The number of rotatable bonds is 7. The van der Waals surface area contributed by atoms with Crippen LogP contribution in [0, 0.1) is 13.8 Å². The highest BCUT2D eigenvalue weighted by molar-refractivity contribution is 7.92. The number of hydrogen-bond donors (Lipinski definition) is 1. The molecule has 0 saturated carbocycles. The van der Waals surface area contributed by atoms with E-state index in [-0.39, 0.29) is 17.2 Å². The molecule has 1 saturated heterocycles. The number of nitrogens with zero attached hydrogens (tertiary/aromatic N) is 1. The van der Waals surface area contributed by atoms with Crippen molar-refractivity contribution in [3.05, 3.63) is 53.1 Å². The Morgan fingerprint density at radius 3 is 2.40 bits per heavy atom. The summed E-state index contributed by atoms with van der Waals surface area (Å²) in [7, 11) is -5.52. The Labute approximate surface area is 179 Å². The van der Waals surface area contributed by atoms with Gasteiger partial charge in [0.05, 0.1) is 23.4 Å². The monoisotopic (exact) mass is 452 g/mol. The van der Waals surface area contributed by atoms with Gasteiger partial charge in [-0.25, -0.2) is 21.6 Å². The van der Waals surface area contributed by atoms with Gasteiger partial charge >= 0.3 is 0 Å². The van der Waals surface area contributed by atoms with Gasteiger partial charge in [-0.15, -0.1) is 0 Å². The number of methoxy groups -OCH3 is 1. The van der Waals surface area contributed by atoms with Gasteiger partial charge in [0, 0.05) is 13.1 Å². The number of aryl methyl sites for hydroxylation is 2. The van der Waals surface area contributed by atoms with Crippen LogP contribution >= 0.6 is 0 Å². The van der Waals surface area contributed by atoms with E-state index in [1.165, 1.54) is 4.31 Å². The molecule has 0 unspecified atom stereocenters. The summed E-state index contributed by atoms with van der Waals surface area (Å²) in [6, 6.07) is 10.8. The van der Waals surface area contributed by atoms with Crippen LogP contribution in [-0.2, 0) is 26.5 Å². The van der Waals surface area contributed by atoms with E-state index in [0.29, 0.717) is 36.2 Å². The topological polar surface area (TPSA) is 92.8 Å². The van der Waals surface area contributed by atoms with Gasteiger partial charge in [-0.2, -0.15) is 0 Å². The predicted molar refractivity (Wildman–Crippen MR) is 118 cm³/mol. The molecule has 0 radical (unpaired) electrons. The summed E-state index contributed by atoms with van der Waals surface area (Å²) in [6.45, 7) is 4.04. The number of benzene rings is 2. The van der Waals surface area contributed by atoms with Crippen LogP contribution in [0.3, 0.4) is 0 Å². The normalized spacial score (nSPS) is 16.4. The fourth-order valence-electron chi connectivity index (χ4n) is 3.88. The highest BCUT2D eigenvalue weighted by Gasteiger charge is 2.28. The summed E-state index contributed by atoms with van der Waals surface area (Å²) in [5, 5.41) is 0. The van der Waals surface area contributed by atoms with E-state index in [4.69, 9.17) is 4.74 Å². The minimum Gasteiger partial charge on any atom is -0.496 e. The number of sulfonamides is 2. The molecule has 1 aliphatic heterocycles. The van der Waals surface area contributed by atoms with Crippen LogP contribution < -0.4 is 13.8 Å². The highest BCUT2D eigenvalue weighted by atomic mass is 32.2. The van der Waals surface area contributed by atoms with E-state index in [1.54, 1.807) is 33.1 Å². The third-order valence-corrected chi connectivity index (χ3v) is 8.87. The number of hydrogen-bond acceptors (Lipinski definition) is 5. The average Bonchev–Trinajstić information content (AvgIpc) is 2.67. The minimum absolute atomic E-state index is 0.121. The molecule has 0 amide bonds. The standard InChI is InChI=1S/C21H28N2O5S2/c1-16-14-19(23-12-6-7-13-29(23,24)25)15-17(2)21(16)30(26,27)22-11-10-18-8-4-5-9-20(18)28-3/h4-5,8-9,14-15,22H,6-7,10-13H2,1-3H3. The Bertz CT molecular complexity index is 1100. The largest absolute Gasteiger partial charge is 0.496 e. The molecule has 0 aliphatic carbocycles. The van der Waals surface area contributed by atoms with Gasteiger partial charge in [0.25, 0.3) is 0 Å². The van der Waals surface area contributed by atoms with Gasteiger partial charge in [0.1, 0.15) is 5.75 Å².